The van der Waals surface area contributed by atoms with Gasteiger partial charge >= 0.3 is 11.9 Å². The smallest absolute Gasteiger partial charge is 0.379 e. The van der Waals surface area contributed by atoms with Crippen LogP contribution in [0.4, 0.5) is 30.5 Å². The second-order valence-corrected chi connectivity index (χ2v) is 12.4. The summed E-state index contributed by atoms with van der Waals surface area (Å²) in [5, 5.41) is 6.53. The SMILES string of the molecule is Cc1ccc(NC(=O)c2cccc(C(F)(F)F)c2)cc1-n1c(C2CC2)c2cnc(Nc3ccc(CCN4CCOCC4)cc3)nc2nc1=O. The van der Waals surface area contributed by atoms with E-state index in [0.29, 0.717) is 22.7 Å². The molecule has 3 aromatic carbocycles. The zero-order valence-electron chi connectivity index (χ0n) is 26.8. The standard InChI is InChI=1S/C36H34F3N7O3/c1-22-5-10-28(41-33(47)25-3-2-4-26(19-25)36(37,38)39)20-30(22)46-31(24-8-9-24)29-21-40-34(43-32(29)44-35(46)48)42-27-11-6-23(7-12-27)13-14-45-15-17-49-18-16-45/h2-7,10-12,19-21,24H,8-9,13-18H2,1H3,(H,41,47)(H,42,43,44,48). The van der Waals surface area contributed by atoms with Gasteiger partial charge in [-0.3, -0.25) is 14.3 Å². The average Bonchev–Trinajstić information content (AvgIpc) is 3.94. The highest BCUT2D eigenvalue weighted by molar-refractivity contribution is 6.04. The van der Waals surface area contributed by atoms with Gasteiger partial charge in [0.2, 0.25) is 5.95 Å². The van der Waals surface area contributed by atoms with Crippen LogP contribution >= 0.6 is 0 Å². The van der Waals surface area contributed by atoms with Gasteiger partial charge in [0.1, 0.15) is 0 Å². The summed E-state index contributed by atoms with van der Waals surface area (Å²) in [6, 6.07) is 17.3. The van der Waals surface area contributed by atoms with Crippen LogP contribution in [0.2, 0.25) is 0 Å². The van der Waals surface area contributed by atoms with E-state index in [1.54, 1.807) is 24.4 Å². The Labute approximate surface area is 280 Å². The number of amides is 1. The molecule has 2 aliphatic rings. The first kappa shape index (κ1) is 32.4. The van der Waals surface area contributed by atoms with Crippen LogP contribution in [-0.2, 0) is 17.3 Å². The number of rotatable bonds is 9. The van der Waals surface area contributed by atoms with Crippen LogP contribution in [-0.4, -0.2) is 63.2 Å². The summed E-state index contributed by atoms with van der Waals surface area (Å²) in [5.41, 5.74) is 3.02. The Balaban J connectivity index is 1.13. The molecular formula is C36H34F3N7O3. The maximum Gasteiger partial charge on any atom is 0.416 e. The Morgan fingerprint density at radius 3 is 2.47 bits per heavy atom. The number of anilines is 3. The molecule has 2 N–H and O–H groups in total. The largest absolute Gasteiger partial charge is 0.416 e. The van der Waals surface area contributed by atoms with Crippen molar-refractivity contribution in [2.75, 3.05) is 43.5 Å². The van der Waals surface area contributed by atoms with Crippen LogP contribution in [0.15, 0.2) is 77.7 Å². The van der Waals surface area contributed by atoms with Gasteiger partial charge in [-0.2, -0.15) is 23.1 Å². The van der Waals surface area contributed by atoms with E-state index in [2.05, 4.69) is 42.6 Å². The van der Waals surface area contributed by atoms with E-state index in [0.717, 1.165) is 81.2 Å². The van der Waals surface area contributed by atoms with E-state index in [4.69, 9.17) is 4.74 Å². The number of nitrogens with zero attached hydrogens (tertiary/aromatic N) is 5. The van der Waals surface area contributed by atoms with E-state index in [1.165, 1.54) is 22.3 Å². The number of nitrogens with one attached hydrogen (secondary N) is 2. The predicted molar refractivity (Wildman–Crippen MR) is 180 cm³/mol. The number of alkyl halides is 3. The van der Waals surface area contributed by atoms with Crippen molar-refractivity contribution in [3.05, 3.63) is 111 Å². The van der Waals surface area contributed by atoms with Crippen molar-refractivity contribution in [1.82, 2.24) is 24.4 Å². The first-order valence-electron chi connectivity index (χ1n) is 16.2. The highest BCUT2D eigenvalue weighted by atomic mass is 19.4. The van der Waals surface area contributed by atoms with Gasteiger partial charge < -0.3 is 15.4 Å². The molecule has 49 heavy (non-hydrogen) atoms. The third kappa shape index (κ3) is 7.32. The van der Waals surface area contributed by atoms with Crippen molar-refractivity contribution in [1.29, 1.82) is 0 Å². The molecule has 0 bridgehead atoms. The molecule has 0 atom stereocenters. The lowest BCUT2D eigenvalue weighted by atomic mass is 10.1. The Bertz CT molecular complexity index is 2070. The molecule has 5 aromatic rings. The molecule has 0 radical (unpaired) electrons. The number of carbonyl (C=O) groups is 1. The number of ether oxygens (including phenoxy) is 1. The van der Waals surface area contributed by atoms with Gasteiger partial charge in [-0.1, -0.05) is 24.3 Å². The van der Waals surface area contributed by atoms with Crippen molar-refractivity contribution in [3.63, 3.8) is 0 Å². The highest BCUT2D eigenvalue weighted by Crippen LogP contribution is 2.43. The monoisotopic (exact) mass is 669 g/mol. The van der Waals surface area contributed by atoms with Crippen molar-refractivity contribution < 1.29 is 22.7 Å². The molecule has 7 rings (SSSR count). The van der Waals surface area contributed by atoms with E-state index in [-0.39, 0.29) is 17.1 Å². The number of hydrogen-bond acceptors (Lipinski definition) is 8. The van der Waals surface area contributed by atoms with E-state index >= 15 is 0 Å². The van der Waals surface area contributed by atoms with Crippen LogP contribution < -0.4 is 16.3 Å². The minimum absolute atomic E-state index is 0.0911. The topological polar surface area (TPSA) is 114 Å². The van der Waals surface area contributed by atoms with Gasteiger partial charge in [0.25, 0.3) is 5.91 Å². The number of aryl methyl sites for hydroxylation is 1. The number of hydrogen-bond donors (Lipinski definition) is 2. The molecule has 0 unspecified atom stereocenters. The molecule has 1 saturated carbocycles. The molecule has 1 saturated heterocycles. The Kier molecular flexibility index (Phi) is 8.86. The molecule has 1 amide bonds. The number of morpholine rings is 1. The summed E-state index contributed by atoms with van der Waals surface area (Å²) in [7, 11) is 0. The van der Waals surface area contributed by atoms with Gasteiger partial charge in [-0.05, 0) is 79.8 Å². The number of benzene rings is 3. The fourth-order valence-electron chi connectivity index (χ4n) is 6.02. The quantitative estimate of drug-likeness (QED) is 0.189. The van der Waals surface area contributed by atoms with Crippen LogP contribution in [0.3, 0.4) is 0 Å². The Morgan fingerprint density at radius 2 is 1.73 bits per heavy atom. The summed E-state index contributed by atoms with van der Waals surface area (Å²) in [6.07, 6.45) is -0.209. The van der Waals surface area contributed by atoms with E-state index in [9.17, 15) is 22.8 Å². The molecular weight excluding hydrogens is 635 g/mol. The molecule has 0 spiro atoms. The van der Waals surface area contributed by atoms with Crippen LogP contribution in [0.25, 0.3) is 16.7 Å². The maximum absolute atomic E-state index is 13.7. The fraction of sp³-hybridized carbons (Fsp3) is 0.306. The second kappa shape index (κ2) is 13.4. The summed E-state index contributed by atoms with van der Waals surface area (Å²) in [5.74, 6) is -0.299. The molecule has 252 valence electrons. The van der Waals surface area contributed by atoms with E-state index < -0.39 is 23.3 Å². The summed E-state index contributed by atoms with van der Waals surface area (Å²) < 4.78 is 46.6. The minimum atomic E-state index is -4.58. The third-order valence-corrected chi connectivity index (χ3v) is 8.83. The molecule has 2 fully saturated rings. The molecule has 1 aliphatic carbocycles. The molecule has 2 aromatic heterocycles. The van der Waals surface area contributed by atoms with Crippen LogP contribution in [0, 0.1) is 6.92 Å². The minimum Gasteiger partial charge on any atom is -0.379 e. The fourth-order valence-corrected chi connectivity index (χ4v) is 6.02. The van der Waals surface area contributed by atoms with Crippen molar-refractivity contribution in [3.8, 4) is 5.69 Å². The lowest BCUT2D eigenvalue weighted by Gasteiger charge is -2.26. The van der Waals surface area contributed by atoms with Gasteiger partial charge in [0.05, 0.1) is 29.9 Å². The number of fused-ring (bicyclic) bond motifs is 1. The summed E-state index contributed by atoms with van der Waals surface area (Å²) >= 11 is 0. The first-order chi connectivity index (χ1) is 23.6. The van der Waals surface area contributed by atoms with Gasteiger partial charge in [-0.15, -0.1) is 0 Å². The average molecular weight is 670 g/mol. The van der Waals surface area contributed by atoms with Crippen LogP contribution in [0.1, 0.15) is 51.5 Å². The summed E-state index contributed by atoms with van der Waals surface area (Å²) in [4.78, 5) is 42.5. The zero-order chi connectivity index (χ0) is 34.1. The highest BCUT2D eigenvalue weighted by Gasteiger charge is 2.32. The Hall–Kier alpha value is -5.14. The van der Waals surface area contributed by atoms with E-state index in [1.807, 2.05) is 19.1 Å². The Morgan fingerprint density at radius 1 is 0.980 bits per heavy atom. The molecule has 10 nitrogen and oxygen atoms in total. The first-order valence-corrected chi connectivity index (χ1v) is 16.2. The third-order valence-electron chi connectivity index (χ3n) is 8.83. The normalized spacial score (nSPS) is 15.3. The van der Waals surface area contributed by atoms with Crippen LogP contribution in [0.5, 0.6) is 0 Å². The lowest BCUT2D eigenvalue weighted by Crippen LogP contribution is -2.37. The number of halogens is 3. The number of carbonyl (C=O) groups excluding carboxylic acids is 1. The van der Waals surface area contributed by atoms with Crippen molar-refractivity contribution >= 4 is 34.3 Å². The lowest BCUT2D eigenvalue weighted by molar-refractivity contribution is -0.137. The summed E-state index contributed by atoms with van der Waals surface area (Å²) in [6.45, 7) is 6.28. The molecule has 13 heteroatoms. The second-order valence-electron chi connectivity index (χ2n) is 12.4. The van der Waals surface area contributed by atoms with Crippen molar-refractivity contribution in [2.24, 2.45) is 0 Å². The van der Waals surface area contributed by atoms with Gasteiger partial charge in [0.15, 0.2) is 5.65 Å². The maximum atomic E-state index is 13.7. The zero-order valence-corrected chi connectivity index (χ0v) is 26.8. The predicted octanol–water partition coefficient (Wildman–Crippen LogP) is 6.25. The van der Waals surface area contributed by atoms with Crippen molar-refractivity contribution in [2.45, 2.75) is 38.3 Å². The van der Waals surface area contributed by atoms with Gasteiger partial charge in [0, 0.05) is 54.4 Å². The molecule has 1 aliphatic heterocycles. The number of aromatic nitrogens is 4. The molecule has 3 heterocycles. The van der Waals surface area contributed by atoms with Gasteiger partial charge in [-0.25, -0.2) is 9.78 Å².